The molecule has 0 aliphatic carbocycles. The summed E-state index contributed by atoms with van der Waals surface area (Å²) < 4.78 is 10.8. The third kappa shape index (κ3) is 3.36. The summed E-state index contributed by atoms with van der Waals surface area (Å²) >= 11 is 0. The highest BCUT2D eigenvalue weighted by Gasteiger charge is 2.26. The Bertz CT molecular complexity index is 510. The fraction of sp³-hybridized carbons (Fsp3) is 0.286. The highest BCUT2D eigenvalue weighted by atomic mass is 16.5. The van der Waals surface area contributed by atoms with E-state index in [1.165, 1.54) is 0 Å². The summed E-state index contributed by atoms with van der Waals surface area (Å²) in [6, 6.07) is 6.52. The summed E-state index contributed by atoms with van der Waals surface area (Å²) in [5.74, 6) is 0.555. The van der Waals surface area contributed by atoms with E-state index >= 15 is 0 Å². The Labute approximate surface area is 116 Å². The van der Waals surface area contributed by atoms with Crippen molar-refractivity contribution in [2.45, 2.75) is 12.5 Å². The van der Waals surface area contributed by atoms with Gasteiger partial charge in [-0.15, -0.1) is 6.58 Å². The molecular weight excluding hydrogens is 260 g/mol. The Hall–Kier alpha value is -2.34. The van der Waals surface area contributed by atoms with Crippen LogP contribution in [0.3, 0.4) is 0 Å². The molecule has 2 rings (SSSR count). The lowest BCUT2D eigenvalue weighted by molar-refractivity contribution is -0.130. The van der Waals surface area contributed by atoms with Gasteiger partial charge in [0, 0.05) is 5.56 Å². The average molecular weight is 276 g/mol. The normalized spacial score (nSPS) is 17.1. The number of benzene rings is 1. The molecule has 0 saturated carbocycles. The first kappa shape index (κ1) is 14.1. The van der Waals surface area contributed by atoms with Crippen molar-refractivity contribution in [3.05, 3.63) is 42.5 Å². The summed E-state index contributed by atoms with van der Waals surface area (Å²) in [4.78, 5) is 15.3. The molecule has 0 unspecified atom stereocenters. The molecule has 1 aliphatic heterocycles. The second kappa shape index (κ2) is 6.72. The second-order valence-electron chi connectivity index (χ2n) is 4.19. The number of hydrogen-bond donors (Lipinski definition) is 2. The summed E-state index contributed by atoms with van der Waals surface area (Å²) in [7, 11) is 0. The monoisotopic (exact) mass is 276 g/mol. The van der Waals surface area contributed by atoms with Gasteiger partial charge in [0.15, 0.2) is 6.04 Å². The van der Waals surface area contributed by atoms with Crippen molar-refractivity contribution in [1.29, 1.82) is 0 Å². The molecule has 1 aliphatic rings. The van der Waals surface area contributed by atoms with E-state index in [0.717, 1.165) is 17.7 Å². The van der Waals surface area contributed by atoms with Crippen molar-refractivity contribution >= 4 is 11.8 Å². The first-order chi connectivity index (χ1) is 9.74. The van der Waals surface area contributed by atoms with Gasteiger partial charge < -0.3 is 9.47 Å². The second-order valence-corrected chi connectivity index (χ2v) is 4.19. The van der Waals surface area contributed by atoms with E-state index in [4.69, 9.17) is 14.7 Å². The van der Waals surface area contributed by atoms with Crippen LogP contribution in [-0.4, -0.2) is 36.3 Å². The van der Waals surface area contributed by atoms with Crippen molar-refractivity contribution in [2.24, 2.45) is 4.99 Å². The summed E-state index contributed by atoms with van der Waals surface area (Å²) in [6.45, 7) is 4.33. The number of nitrogens with zero attached hydrogens (tertiary/aromatic N) is 1. The zero-order chi connectivity index (χ0) is 14.4. The molecule has 1 amide bonds. The number of carbonyl (C=O) groups excluding carboxylic acids is 1. The SMILES string of the molecule is C=CCCOc1ccc(C2=N[C@@H](C(=O)NO)CO2)cc1. The van der Waals surface area contributed by atoms with Crippen molar-refractivity contribution in [1.82, 2.24) is 5.48 Å². The van der Waals surface area contributed by atoms with E-state index < -0.39 is 11.9 Å². The largest absolute Gasteiger partial charge is 0.493 e. The zero-order valence-corrected chi connectivity index (χ0v) is 10.9. The Morgan fingerprint density at radius 1 is 1.55 bits per heavy atom. The van der Waals surface area contributed by atoms with Gasteiger partial charge in [-0.1, -0.05) is 6.08 Å². The summed E-state index contributed by atoms with van der Waals surface area (Å²) in [5.41, 5.74) is 2.32. The van der Waals surface area contributed by atoms with Crippen LogP contribution in [0.25, 0.3) is 0 Å². The molecule has 0 radical (unpaired) electrons. The van der Waals surface area contributed by atoms with Gasteiger partial charge in [0.25, 0.3) is 5.91 Å². The Morgan fingerprint density at radius 3 is 2.95 bits per heavy atom. The zero-order valence-electron chi connectivity index (χ0n) is 10.9. The van der Waals surface area contributed by atoms with Crippen LogP contribution in [0.2, 0.25) is 0 Å². The smallest absolute Gasteiger partial charge is 0.271 e. The topological polar surface area (TPSA) is 80.2 Å². The first-order valence-electron chi connectivity index (χ1n) is 6.23. The quantitative estimate of drug-likeness (QED) is 0.355. The minimum absolute atomic E-state index is 0.124. The first-order valence-corrected chi connectivity index (χ1v) is 6.23. The third-order valence-electron chi connectivity index (χ3n) is 2.76. The maximum atomic E-state index is 11.2. The van der Waals surface area contributed by atoms with E-state index in [9.17, 15) is 4.79 Å². The molecule has 20 heavy (non-hydrogen) atoms. The Kier molecular flexibility index (Phi) is 4.73. The molecule has 0 spiro atoms. The Morgan fingerprint density at radius 2 is 2.30 bits per heavy atom. The molecule has 0 fully saturated rings. The molecule has 1 heterocycles. The van der Waals surface area contributed by atoms with Crippen LogP contribution in [0.4, 0.5) is 0 Å². The molecular formula is C14H16N2O4. The van der Waals surface area contributed by atoms with Gasteiger partial charge in [-0.25, -0.2) is 10.5 Å². The lowest BCUT2D eigenvalue weighted by atomic mass is 10.2. The number of hydroxylamine groups is 1. The fourth-order valence-electron chi connectivity index (χ4n) is 1.69. The minimum Gasteiger partial charge on any atom is -0.493 e. The lowest BCUT2D eigenvalue weighted by Gasteiger charge is -2.05. The number of nitrogens with one attached hydrogen (secondary N) is 1. The number of amides is 1. The molecule has 2 N–H and O–H groups in total. The van der Waals surface area contributed by atoms with Crippen molar-refractivity contribution in [3.63, 3.8) is 0 Å². The minimum atomic E-state index is -0.710. The predicted molar refractivity (Wildman–Crippen MR) is 73.0 cm³/mol. The summed E-state index contributed by atoms with van der Waals surface area (Å²) in [5, 5.41) is 8.54. The summed E-state index contributed by atoms with van der Waals surface area (Å²) in [6.07, 6.45) is 2.58. The predicted octanol–water partition coefficient (Wildman–Crippen LogP) is 1.29. The fourth-order valence-corrected chi connectivity index (χ4v) is 1.69. The highest BCUT2D eigenvalue weighted by Crippen LogP contribution is 2.17. The van der Waals surface area contributed by atoms with Gasteiger partial charge >= 0.3 is 0 Å². The molecule has 1 atom stereocenters. The molecule has 1 aromatic rings. The lowest BCUT2D eigenvalue weighted by Crippen LogP contribution is -2.31. The van der Waals surface area contributed by atoms with Crippen LogP contribution in [0.15, 0.2) is 41.9 Å². The van der Waals surface area contributed by atoms with E-state index in [1.807, 2.05) is 12.1 Å². The van der Waals surface area contributed by atoms with Crippen molar-refractivity contribution in [3.8, 4) is 5.75 Å². The number of carbonyl (C=O) groups is 1. The van der Waals surface area contributed by atoms with Crippen LogP contribution in [0.1, 0.15) is 12.0 Å². The van der Waals surface area contributed by atoms with E-state index in [1.54, 1.807) is 23.7 Å². The number of hydrogen-bond acceptors (Lipinski definition) is 5. The molecule has 106 valence electrons. The van der Waals surface area contributed by atoms with Gasteiger partial charge in [0.05, 0.1) is 6.61 Å². The van der Waals surface area contributed by atoms with E-state index in [-0.39, 0.29) is 6.61 Å². The number of rotatable bonds is 6. The number of ether oxygens (including phenoxy) is 2. The molecule has 0 saturated heterocycles. The van der Waals surface area contributed by atoms with Crippen LogP contribution in [0, 0.1) is 0 Å². The van der Waals surface area contributed by atoms with Gasteiger partial charge in [-0.3, -0.25) is 10.0 Å². The van der Waals surface area contributed by atoms with Gasteiger partial charge in [-0.05, 0) is 30.7 Å². The maximum Gasteiger partial charge on any atom is 0.271 e. The van der Waals surface area contributed by atoms with Crippen LogP contribution < -0.4 is 10.2 Å². The molecule has 0 aromatic heterocycles. The Balaban J connectivity index is 2.00. The van der Waals surface area contributed by atoms with Crippen molar-refractivity contribution in [2.75, 3.05) is 13.2 Å². The maximum absolute atomic E-state index is 11.2. The van der Waals surface area contributed by atoms with Crippen LogP contribution in [0.5, 0.6) is 5.75 Å². The third-order valence-corrected chi connectivity index (χ3v) is 2.76. The standard InChI is InChI=1S/C14H16N2O4/c1-2-3-8-19-11-6-4-10(5-7-11)14-15-12(9-20-14)13(17)16-18/h2,4-7,12,18H,1,3,8-9H2,(H,16,17)/t12-/m1/s1. The van der Waals surface area contributed by atoms with E-state index in [0.29, 0.717) is 12.5 Å². The van der Waals surface area contributed by atoms with E-state index in [2.05, 4.69) is 11.6 Å². The average Bonchev–Trinajstić information content (AvgIpc) is 2.97. The van der Waals surface area contributed by atoms with Gasteiger partial charge in [0.2, 0.25) is 5.90 Å². The van der Waals surface area contributed by atoms with Gasteiger partial charge in [-0.2, -0.15) is 0 Å². The molecule has 6 heteroatoms. The molecule has 1 aromatic carbocycles. The molecule has 6 nitrogen and oxygen atoms in total. The van der Waals surface area contributed by atoms with Crippen LogP contribution >= 0.6 is 0 Å². The van der Waals surface area contributed by atoms with Crippen molar-refractivity contribution < 1.29 is 19.5 Å². The van der Waals surface area contributed by atoms with Gasteiger partial charge in [0.1, 0.15) is 12.4 Å². The van der Waals surface area contributed by atoms with Crippen LogP contribution in [-0.2, 0) is 9.53 Å². The molecule has 0 bridgehead atoms. The highest BCUT2D eigenvalue weighted by molar-refractivity contribution is 5.98. The number of aliphatic imine (C=N–C) groups is 1.